The fourth-order valence-electron chi connectivity index (χ4n) is 1.30. The maximum Gasteiger partial charge on any atom is 0.352 e. The molecule has 0 heterocycles. The Morgan fingerprint density at radius 1 is 1.40 bits per heavy atom. The molecule has 1 fully saturated rings. The van der Waals surface area contributed by atoms with E-state index in [1.54, 1.807) is 5.32 Å². The van der Waals surface area contributed by atoms with Crippen molar-refractivity contribution in [2.24, 2.45) is 0 Å². The van der Waals surface area contributed by atoms with Crippen molar-refractivity contribution in [3.05, 3.63) is 0 Å². The molecule has 0 saturated heterocycles. The highest BCUT2D eigenvalue weighted by atomic mass is 19.3. The molecule has 0 aromatic heterocycles. The molecule has 15 heavy (non-hydrogen) atoms. The number of aliphatic carboxylic acids is 1. The third-order valence-corrected chi connectivity index (χ3v) is 2.45. The summed E-state index contributed by atoms with van der Waals surface area (Å²) >= 11 is 0. The molecule has 0 unspecified atom stereocenters. The molecular weight excluding hydrogens is 212 g/mol. The summed E-state index contributed by atoms with van der Waals surface area (Å²) in [4.78, 5) is 21.0. The van der Waals surface area contributed by atoms with Gasteiger partial charge in [0.25, 0.3) is 5.91 Å². The van der Waals surface area contributed by atoms with Gasteiger partial charge in [0, 0.05) is 0 Å². The largest absolute Gasteiger partial charge is 0.480 e. The van der Waals surface area contributed by atoms with Crippen LogP contribution < -0.4 is 5.32 Å². The van der Waals surface area contributed by atoms with E-state index < -0.39 is 29.9 Å². The SMILES string of the molecule is O=C(O)CNC(=O)C(F)(F)C1(O)CCC1. The number of amides is 1. The molecule has 3 N–H and O–H groups in total. The third kappa shape index (κ3) is 2.06. The van der Waals surface area contributed by atoms with Gasteiger partial charge in [-0.2, -0.15) is 8.78 Å². The molecule has 1 rings (SSSR count). The van der Waals surface area contributed by atoms with Gasteiger partial charge in [-0.25, -0.2) is 0 Å². The van der Waals surface area contributed by atoms with Crippen LogP contribution in [-0.2, 0) is 9.59 Å². The molecule has 0 aromatic carbocycles. The van der Waals surface area contributed by atoms with Gasteiger partial charge in [0.15, 0.2) is 0 Å². The van der Waals surface area contributed by atoms with E-state index in [0.29, 0.717) is 6.42 Å². The minimum Gasteiger partial charge on any atom is -0.480 e. The standard InChI is InChI=1S/C8H11F2NO4/c9-8(10,7(15)2-1-3-7)6(14)11-4-5(12)13/h15H,1-4H2,(H,11,14)(H,12,13). The van der Waals surface area contributed by atoms with E-state index in [0.717, 1.165) is 0 Å². The molecule has 0 radical (unpaired) electrons. The van der Waals surface area contributed by atoms with E-state index in [9.17, 15) is 23.5 Å². The van der Waals surface area contributed by atoms with Crippen molar-refractivity contribution >= 4 is 11.9 Å². The van der Waals surface area contributed by atoms with Crippen molar-refractivity contribution in [2.75, 3.05) is 6.54 Å². The lowest BCUT2D eigenvalue weighted by Gasteiger charge is -2.41. The molecule has 0 bridgehead atoms. The first-order valence-corrected chi connectivity index (χ1v) is 4.40. The molecule has 0 aliphatic heterocycles. The maximum atomic E-state index is 13.2. The smallest absolute Gasteiger partial charge is 0.352 e. The molecule has 1 aliphatic carbocycles. The van der Waals surface area contributed by atoms with Crippen LogP contribution in [0.1, 0.15) is 19.3 Å². The summed E-state index contributed by atoms with van der Waals surface area (Å²) in [7, 11) is 0. The highest BCUT2D eigenvalue weighted by Gasteiger charge is 2.61. The second-order valence-electron chi connectivity index (χ2n) is 3.54. The average molecular weight is 223 g/mol. The topological polar surface area (TPSA) is 86.6 Å². The number of rotatable bonds is 4. The summed E-state index contributed by atoms with van der Waals surface area (Å²) in [5.41, 5.74) is -2.31. The van der Waals surface area contributed by atoms with Gasteiger partial charge in [0.1, 0.15) is 12.1 Å². The van der Waals surface area contributed by atoms with E-state index in [1.807, 2.05) is 0 Å². The van der Waals surface area contributed by atoms with Crippen molar-refractivity contribution < 1.29 is 28.6 Å². The Morgan fingerprint density at radius 3 is 2.27 bits per heavy atom. The number of carboxylic acid groups (broad SMARTS) is 1. The van der Waals surface area contributed by atoms with Crippen LogP contribution in [0.5, 0.6) is 0 Å². The summed E-state index contributed by atoms with van der Waals surface area (Å²) in [5.74, 6) is -7.09. The van der Waals surface area contributed by atoms with Crippen LogP contribution in [0.25, 0.3) is 0 Å². The normalized spacial score (nSPS) is 19.1. The number of carbonyl (C=O) groups is 2. The Hall–Kier alpha value is -1.24. The van der Waals surface area contributed by atoms with Crippen LogP contribution in [0.15, 0.2) is 0 Å². The summed E-state index contributed by atoms with van der Waals surface area (Å²) in [6, 6.07) is 0. The molecule has 0 atom stereocenters. The Bertz CT molecular complexity index is 288. The molecular formula is C8H11F2NO4. The Balaban J connectivity index is 2.60. The van der Waals surface area contributed by atoms with E-state index in [2.05, 4.69) is 0 Å². The highest BCUT2D eigenvalue weighted by molar-refractivity contribution is 5.87. The number of hydrogen-bond acceptors (Lipinski definition) is 3. The quantitative estimate of drug-likeness (QED) is 0.612. The van der Waals surface area contributed by atoms with Gasteiger partial charge in [-0.15, -0.1) is 0 Å². The Kier molecular flexibility index (Phi) is 2.94. The van der Waals surface area contributed by atoms with Crippen molar-refractivity contribution in [3.8, 4) is 0 Å². The van der Waals surface area contributed by atoms with Gasteiger partial charge in [-0.05, 0) is 19.3 Å². The molecule has 1 amide bonds. The number of nitrogens with one attached hydrogen (secondary N) is 1. The number of aliphatic hydroxyl groups is 1. The number of halogens is 2. The average Bonchev–Trinajstić information content (AvgIpc) is 2.09. The first kappa shape index (κ1) is 11.8. The third-order valence-electron chi connectivity index (χ3n) is 2.45. The van der Waals surface area contributed by atoms with Gasteiger partial charge in [0.2, 0.25) is 0 Å². The van der Waals surface area contributed by atoms with E-state index >= 15 is 0 Å². The van der Waals surface area contributed by atoms with Gasteiger partial charge < -0.3 is 15.5 Å². The zero-order valence-electron chi connectivity index (χ0n) is 7.80. The number of hydrogen-bond donors (Lipinski definition) is 3. The fourth-order valence-corrected chi connectivity index (χ4v) is 1.30. The molecule has 1 aliphatic rings. The van der Waals surface area contributed by atoms with Crippen molar-refractivity contribution in [3.63, 3.8) is 0 Å². The van der Waals surface area contributed by atoms with Crippen LogP contribution in [0, 0.1) is 0 Å². The summed E-state index contributed by atoms with van der Waals surface area (Å²) in [6.45, 7) is -0.884. The number of carboxylic acids is 1. The van der Waals surface area contributed by atoms with Crippen LogP contribution in [-0.4, -0.2) is 40.2 Å². The number of carbonyl (C=O) groups excluding carboxylic acids is 1. The number of alkyl halides is 2. The maximum absolute atomic E-state index is 13.2. The first-order chi connectivity index (χ1) is 6.79. The molecule has 1 saturated carbocycles. The summed E-state index contributed by atoms with van der Waals surface area (Å²) in [6.07, 6.45) is 0.124. The lowest BCUT2D eigenvalue weighted by atomic mass is 9.75. The zero-order chi connectivity index (χ0) is 11.7. The van der Waals surface area contributed by atoms with Crippen LogP contribution in [0.2, 0.25) is 0 Å². The minimum atomic E-state index is -3.93. The summed E-state index contributed by atoms with van der Waals surface area (Å²) < 4.78 is 26.5. The Labute approximate surface area is 84.1 Å². The van der Waals surface area contributed by atoms with E-state index in [1.165, 1.54) is 0 Å². The second-order valence-corrected chi connectivity index (χ2v) is 3.54. The first-order valence-electron chi connectivity index (χ1n) is 4.40. The van der Waals surface area contributed by atoms with Gasteiger partial charge in [-0.3, -0.25) is 9.59 Å². The van der Waals surface area contributed by atoms with Crippen LogP contribution >= 0.6 is 0 Å². The molecule has 5 nitrogen and oxygen atoms in total. The fraction of sp³-hybridized carbons (Fsp3) is 0.750. The molecule has 86 valence electrons. The monoisotopic (exact) mass is 223 g/mol. The highest BCUT2D eigenvalue weighted by Crippen LogP contribution is 2.44. The van der Waals surface area contributed by atoms with Crippen molar-refractivity contribution in [1.29, 1.82) is 0 Å². The van der Waals surface area contributed by atoms with Crippen LogP contribution in [0.3, 0.4) is 0 Å². The van der Waals surface area contributed by atoms with Crippen molar-refractivity contribution in [2.45, 2.75) is 30.8 Å². The van der Waals surface area contributed by atoms with Gasteiger partial charge in [0.05, 0.1) is 0 Å². The Morgan fingerprint density at radius 2 is 1.93 bits per heavy atom. The second kappa shape index (κ2) is 3.73. The molecule has 0 aromatic rings. The molecule has 0 spiro atoms. The van der Waals surface area contributed by atoms with E-state index in [-0.39, 0.29) is 12.8 Å². The predicted molar refractivity (Wildman–Crippen MR) is 44.4 cm³/mol. The molecule has 7 heteroatoms. The van der Waals surface area contributed by atoms with E-state index in [4.69, 9.17) is 5.11 Å². The van der Waals surface area contributed by atoms with Gasteiger partial charge >= 0.3 is 11.9 Å². The zero-order valence-corrected chi connectivity index (χ0v) is 7.80. The van der Waals surface area contributed by atoms with Crippen LogP contribution in [0.4, 0.5) is 8.78 Å². The lowest BCUT2D eigenvalue weighted by molar-refractivity contribution is -0.216. The lowest BCUT2D eigenvalue weighted by Crippen LogP contribution is -2.61. The van der Waals surface area contributed by atoms with Crippen molar-refractivity contribution in [1.82, 2.24) is 5.32 Å². The van der Waals surface area contributed by atoms with Gasteiger partial charge in [-0.1, -0.05) is 0 Å². The minimum absolute atomic E-state index is 0.152. The summed E-state index contributed by atoms with van der Waals surface area (Å²) in [5, 5.41) is 19.0. The predicted octanol–water partition coefficient (Wildman–Crippen LogP) is -0.263.